The van der Waals surface area contributed by atoms with Crippen LogP contribution in [-0.2, 0) is 0 Å². The van der Waals surface area contributed by atoms with Gasteiger partial charge in [-0.3, -0.25) is 14.9 Å². The van der Waals surface area contributed by atoms with Crippen molar-refractivity contribution in [1.82, 2.24) is 5.32 Å². The summed E-state index contributed by atoms with van der Waals surface area (Å²) in [5.41, 5.74) is 0.0234. The number of nitro groups is 1. The van der Waals surface area contributed by atoms with Crippen LogP contribution < -0.4 is 29.0 Å². The number of benzene rings is 2. The maximum Gasteiger partial charge on any atom is 0.327 e. The van der Waals surface area contributed by atoms with Gasteiger partial charge in [0.2, 0.25) is 18.3 Å². The fourth-order valence-corrected chi connectivity index (χ4v) is 3.04. The van der Waals surface area contributed by atoms with Gasteiger partial charge in [0.05, 0.1) is 32.3 Å². The van der Waals surface area contributed by atoms with Crippen LogP contribution in [0.25, 0.3) is 0 Å². The zero-order valence-electron chi connectivity index (χ0n) is 16.3. The zero-order chi connectivity index (χ0) is 21.1. The van der Waals surface area contributed by atoms with Crippen LogP contribution in [0.3, 0.4) is 0 Å². The lowest BCUT2D eigenvalue weighted by atomic mass is 10.1. The van der Waals surface area contributed by atoms with Gasteiger partial charge in [-0.15, -0.1) is 0 Å². The van der Waals surface area contributed by atoms with Gasteiger partial charge >= 0.3 is 5.69 Å². The predicted octanol–water partition coefficient (Wildman–Crippen LogP) is 2.84. The average Bonchev–Trinajstić information content (AvgIpc) is 3.19. The standard InChI is InChI=1S/C19H20N2O8/c1-10(11-5-6-13-14(7-11)29-9-28-13)20-19(22)12-8-15(25-2)17(26-3)18(27-4)16(12)21(23)24/h5-8,10H,9H2,1-4H3,(H,20,22). The molecule has 10 nitrogen and oxygen atoms in total. The zero-order valence-corrected chi connectivity index (χ0v) is 16.3. The van der Waals surface area contributed by atoms with E-state index in [1.807, 2.05) is 0 Å². The third-order valence-electron chi connectivity index (χ3n) is 4.48. The van der Waals surface area contributed by atoms with E-state index in [0.717, 1.165) is 5.56 Å². The van der Waals surface area contributed by atoms with Crippen molar-refractivity contribution in [2.24, 2.45) is 0 Å². The van der Waals surface area contributed by atoms with Gasteiger partial charge in [0, 0.05) is 6.07 Å². The summed E-state index contributed by atoms with van der Waals surface area (Å²) in [6, 6.07) is 6.05. The highest BCUT2D eigenvalue weighted by atomic mass is 16.7. The summed E-state index contributed by atoms with van der Waals surface area (Å²) in [5, 5.41) is 14.4. The number of carbonyl (C=O) groups is 1. The highest BCUT2D eigenvalue weighted by molar-refractivity contribution is 6.00. The Kier molecular flexibility index (Phi) is 5.62. The van der Waals surface area contributed by atoms with Crippen molar-refractivity contribution in [3.63, 3.8) is 0 Å². The number of methoxy groups -OCH3 is 3. The minimum absolute atomic E-state index is 0.0297. The molecule has 1 aliphatic heterocycles. The van der Waals surface area contributed by atoms with E-state index in [0.29, 0.717) is 11.5 Å². The fraction of sp³-hybridized carbons (Fsp3) is 0.316. The van der Waals surface area contributed by atoms with Gasteiger partial charge in [-0.05, 0) is 24.6 Å². The minimum Gasteiger partial charge on any atom is -0.493 e. The molecule has 1 aliphatic rings. The van der Waals surface area contributed by atoms with Gasteiger partial charge < -0.3 is 29.0 Å². The molecule has 0 bridgehead atoms. The van der Waals surface area contributed by atoms with Crippen LogP contribution in [0, 0.1) is 10.1 Å². The topological polar surface area (TPSA) is 118 Å². The Hall–Kier alpha value is -3.69. The van der Waals surface area contributed by atoms with Crippen LogP contribution in [0.2, 0.25) is 0 Å². The summed E-state index contributed by atoms with van der Waals surface area (Å²) in [7, 11) is 3.94. The van der Waals surface area contributed by atoms with Gasteiger partial charge in [0.15, 0.2) is 17.2 Å². The van der Waals surface area contributed by atoms with Gasteiger partial charge in [-0.25, -0.2) is 0 Å². The number of nitro benzene ring substituents is 1. The van der Waals surface area contributed by atoms with Crippen molar-refractivity contribution in [3.8, 4) is 28.7 Å². The van der Waals surface area contributed by atoms with Gasteiger partial charge in [0.25, 0.3) is 5.91 Å². The van der Waals surface area contributed by atoms with E-state index in [4.69, 9.17) is 23.7 Å². The number of nitrogens with one attached hydrogen (secondary N) is 1. The van der Waals surface area contributed by atoms with Crippen LogP contribution in [-0.4, -0.2) is 39.0 Å². The van der Waals surface area contributed by atoms with Crippen molar-refractivity contribution in [2.75, 3.05) is 28.1 Å². The fourth-order valence-electron chi connectivity index (χ4n) is 3.04. The van der Waals surface area contributed by atoms with Gasteiger partial charge in [-0.2, -0.15) is 0 Å². The molecule has 2 aromatic carbocycles. The maximum absolute atomic E-state index is 12.9. The molecule has 0 aromatic heterocycles. The number of ether oxygens (including phenoxy) is 5. The monoisotopic (exact) mass is 404 g/mol. The van der Waals surface area contributed by atoms with Crippen LogP contribution in [0.15, 0.2) is 24.3 Å². The quantitative estimate of drug-likeness (QED) is 0.553. The number of fused-ring (bicyclic) bond motifs is 1. The summed E-state index contributed by atoms with van der Waals surface area (Å²) in [4.78, 5) is 23.9. The second-order valence-corrected chi connectivity index (χ2v) is 6.11. The number of carbonyl (C=O) groups excluding carboxylic acids is 1. The van der Waals surface area contributed by atoms with Crippen molar-refractivity contribution in [1.29, 1.82) is 0 Å². The molecular weight excluding hydrogens is 384 g/mol. The molecule has 0 radical (unpaired) electrons. The normalized spacial score (nSPS) is 12.8. The predicted molar refractivity (Wildman–Crippen MR) is 101 cm³/mol. The van der Waals surface area contributed by atoms with Crippen LogP contribution in [0.1, 0.15) is 28.9 Å². The summed E-state index contributed by atoms with van der Waals surface area (Å²) >= 11 is 0. The van der Waals surface area contributed by atoms with E-state index < -0.39 is 22.6 Å². The summed E-state index contributed by atoms with van der Waals surface area (Å²) in [6.07, 6.45) is 0. The average molecular weight is 404 g/mol. The molecule has 0 saturated carbocycles. The molecule has 0 saturated heterocycles. The highest BCUT2D eigenvalue weighted by Gasteiger charge is 2.33. The molecule has 1 heterocycles. The van der Waals surface area contributed by atoms with Crippen LogP contribution >= 0.6 is 0 Å². The van der Waals surface area contributed by atoms with Crippen molar-refractivity contribution in [3.05, 3.63) is 45.5 Å². The molecule has 1 atom stereocenters. The first-order valence-corrected chi connectivity index (χ1v) is 8.59. The van der Waals surface area contributed by atoms with Crippen LogP contribution in [0.5, 0.6) is 28.7 Å². The first kappa shape index (κ1) is 20.1. The Bertz CT molecular complexity index is 960. The lowest BCUT2D eigenvalue weighted by Crippen LogP contribution is -2.27. The summed E-state index contributed by atoms with van der Waals surface area (Å²) in [5.74, 6) is 0.492. The molecule has 0 aliphatic carbocycles. The van der Waals surface area contributed by atoms with Crippen molar-refractivity contribution >= 4 is 11.6 Å². The number of nitrogens with zero attached hydrogens (tertiary/aromatic N) is 1. The Morgan fingerprint density at radius 1 is 1.10 bits per heavy atom. The number of amides is 1. The Morgan fingerprint density at radius 2 is 1.79 bits per heavy atom. The SMILES string of the molecule is COc1cc(C(=O)NC(C)c2ccc3c(c2)OCO3)c([N+](=O)[O-])c(OC)c1OC. The molecule has 3 rings (SSSR count). The summed E-state index contributed by atoms with van der Waals surface area (Å²) in [6.45, 7) is 1.89. The Morgan fingerprint density at radius 3 is 2.41 bits per heavy atom. The molecule has 10 heteroatoms. The Balaban J connectivity index is 1.96. The molecule has 1 N–H and O–H groups in total. The molecule has 0 fully saturated rings. The lowest BCUT2D eigenvalue weighted by molar-refractivity contribution is -0.386. The Labute approximate surface area is 166 Å². The van der Waals surface area contributed by atoms with Crippen LogP contribution in [0.4, 0.5) is 5.69 Å². The molecular formula is C19H20N2O8. The second-order valence-electron chi connectivity index (χ2n) is 6.11. The minimum atomic E-state index is -0.694. The van der Waals surface area contributed by atoms with Crippen molar-refractivity contribution < 1.29 is 33.4 Å². The van der Waals surface area contributed by atoms with E-state index in [1.165, 1.54) is 27.4 Å². The molecule has 1 amide bonds. The number of rotatable bonds is 7. The number of hydrogen-bond acceptors (Lipinski definition) is 8. The second kappa shape index (κ2) is 8.13. The molecule has 29 heavy (non-hydrogen) atoms. The molecule has 0 spiro atoms. The lowest BCUT2D eigenvalue weighted by Gasteiger charge is -2.17. The third kappa shape index (κ3) is 3.68. The highest BCUT2D eigenvalue weighted by Crippen LogP contribution is 2.46. The number of hydrogen-bond donors (Lipinski definition) is 1. The maximum atomic E-state index is 12.9. The molecule has 154 valence electrons. The smallest absolute Gasteiger partial charge is 0.327 e. The van der Waals surface area contributed by atoms with E-state index >= 15 is 0 Å². The summed E-state index contributed by atoms with van der Waals surface area (Å²) < 4.78 is 26.1. The van der Waals surface area contributed by atoms with E-state index in [9.17, 15) is 14.9 Å². The van der Waals surface area contributed by atoms with E-state index in [-0.39, 0.29) is 29.6 Å². The molecule has 2 aromatic rings. The first-order valence-electron chi connectivity index (χ1n) is 8.59. The molecule has 1 unspecified atom stereocenters. The largest absolute Gasteiger partial charge is 0.493 e. The van der Waals surface area contributed by atoms with Gasteiger partial charge in [-0.1, -0.05) is 6.07 Å². The third-order valence-corrected chi connectivity index (χ3v) is 4.48. The van der Waals surface area contributed by atoms with E-state index in [1.54, 1.807) is 25.1 Å². The van der Waals surface area contributed by atoms with E-state index in [2.05, 4.69) is 5.32 Å². The van der Waals surface area contributed by atoms with Gasteiger partial charge in [0.1, 0.15) is 5.56 Å². The van der Waals surface area contributed by atoms with Crippen molar-refractivity contribution in [2.45, 2.75) is 13.0 Å². The first-order chi connectivity index (χ1) is 13.9.